The summed E-state index contributed by atoms with van der Waals surface area (Å²) in [6, 6.07) is 0. The number of aliphatic carboxylic acids is 1. The summed E-state index contributed by atoms with van der Waals surface area (Å²) in [5, 5.41) is 8.72. The second-order valence-electron chi connectivity index (χ2n) is 4.42. The summed E-state index contributed by atoms with van der Waals surface area (Å²) in [7, 11) is 0. The molecule has 3 heteroatoms. The fraction of sp³-hybridized carbons (Fsp3) is 0.750. The number of hydrogen-bond donors (Lipinski definition) is 1. The zero-order valence-corrected chi connectivity index (χ0v) is 9.54. The average Bonchev–Trinajstić information content (AvgIpc) is 2.21. The largest absolute Gasteiger partial charge is 0.478 e. The monoisotopic (exact) mass is 211 g/mol. The number of rotatable bonds is 5. The van der Waals surface area contributed by atoms with Crippen molar-refractivity contribution in [1.82, 2.24) is 4.90 Å². The van der Waals surface area contributed by atoms with E-state index in [1.54, 1.807) is 0 Å². The SMILES string of the molecule is C=C(CN1CCC(CCC)CC1)C(=O)O. The van der Waals surface area contributed by atoms with E-state index in [9.17, 15) is 4.79 Å². The molecule has 0 radical (unpaired) electrons. The van der Waals surface area contributed by atoms with Crippen molar-refractivity contribution in [3.05, 3.63) is 12.2 Å². The van der Waals surface area contributed by atoms with E-state index in [1.165, 1.54) is 25.7 Å². The maximum Gasteiger partial charge on any atom is 0.332 e. The first-order chi connectivity index (χ1) is 7.13. The van der Waals surface area contributed by atoms with Crippen LogP contribution in [0.1, 0.15) is 32.6 Å². The molecule has 0 spiro atoms. The molecule has 1 heterocycles. The van der Waals surface area contributed by atoms with Gasteiger partial charge in [-0.25, -0.2) is 4.79 Å². The molecule has 0 aliphatic carbocycles. The van der Waals surface area contributed by atoms with E-state index >= 15 is 0 Å². The van der Waals surface area contributed by atoms with Crippen LogP contribution in [0.2, 0.25) is 0 Å². The van der Waals surface area contributed by atoms with Crippen LogP contribution in [-0.4, -0.2) is 35.6 Å². The van der Waals surface area contributed by atoms with E-state index < -0.39 is 5.97 Å². The van der Waals surface area contributed by atoms with Gasteiger partial charge in [0.1, 0.15) is 0 Å². The van der Waals surface area contributed by atoms with Gasteiger partial charge in [-0.3, -0.25) is 4.90 Å². The highest BCUT2D eigenvalue weighted by atomic mass is 16.4. The maximum atomic E-state index is 10.6. The minimum atomic E-state index is -0.870. The van der Waals surface area contributed by atoms with Gasteiger partial charge in [-0.2, -0.15) is 0 Å². The molecular formula is C12H21NO2. The van der Waals surface area contributed by atoms with Crippen LogP contribution in [0.4, 0.5) is 0 Å². The summed E-state index contributed by atoms with van der Waals surface area (Å²) in [6.45, 7) is 8.35. The van der Waals surface area contributed by atoms with E-state index in [1.807, 2.05) is 0 Å². The number of carbonyl (C=O) groups is 1. The Hall–Kier alpha value is -0.830. The fourth-order valence-corrected chi connectivity index (χ4v) is 2.18. The van der Waals surface area contributed by atoms with E-state index in [4.69, 9.17) is 5.11 Å². The van der Waals surface area contributed by atoms with Crippen LogP contribution in [0.3, 0.4) is 0 Å². The summed E-state index contributed by atoms with van der Waals surface area (Å²) in [5.74, 6) is -0.0185. The third-order valence-corrected chi connectivity index (χ3v) is 3.12. The van der Waals surface area contributed by atoms with Crippen LogP contribution >= 0.6 is 0 Å². The Kier molecular flexibility index (Phi) is 4.82. The quantitative estimate of drug-likeness (QED) is 0.708. The van der Waals surface area contributed by atoms with E-state index in [0.717, 1.165) is 19.0 Å². The third kappa shape index (κ3) is 4.04. The van der Waals surface area contributed by atoms with Gasteiger partial charge < -0.3 is 5.11 Å². The van der Waals surface area contributed by atoms with Crippen molar-refractivity contribution >= 4 is 5.97 Å². The second kappa shape index (κ2) is 5.91. The van der Waals surface area contributed by atoms with Gasteiger partial charge in [0.2, 0.25) is 0 Å². The van der Waals surface area contributed by atoms with Crippen molar-refractivity contribution in [3.8, 4) is 0 Å². The average molecular weight is 211 g/mol. The Labute approximate surface area is 91.8 Å². The lowest BCUT2D eigenvalue weighted by Gasteiger charge is -2.31. The lowest BCUT2D eigenvalue weighted by Crippen LogP contribution is -2.35. The first kappa shape index (κ1) is 12.2. The Morgan fingerprint density at radius 1 is 1.47 bits per heavy atom. The molecule has 0 unspecified atom stereocenters. The summed E-state index contributed by atoms with van der Waals surface area (Å²) < 4.78 is 0. The number of nitrogens with zero attached hydrogens (tertiary/aromatic N) is 1. The Morgan fingerprint density at radius 2 is 2.07 bits per heavy atom. The molecule has 0 aromatic heterocycles. The molecule has 0 aromatic rings. The predicted octanol–water partition coefficient (Wildman–Crippen LogP) is 2.14. The molecule has 15 heavy (non-hydrogen) atoms. The zero-order chi connectivity index (χ0) is 11.3. The van der Waals surface area contributed by atoms with Gasteiger partial charge >= 0.3 is 5.97 Å². The Balaban J connectivity index is 2.25. The fourth-order valence-electron chi connectivity index (χ4n) is 2.18. The molecule has 1 N–H and O–H groups in total. The topological polar surface area (TPSA) is 40.5 Å². The minimum Gasteiger partial charge on any atom is -0.478 e. The standard InChI is InChI=1S/C12H21NO2/c1-3-4-11-5-7-13(8-6-11)9-10(2)12(14)15/h11H,2-9H2,1H3,(H,14,15). The molecule has 1 saturated heterocycles. The van der Waals surface area contributed by atoms with Gasteiger partial charge in [-0.05, 0) is 31.8 Å². The normalized spacial score (nSPS) is 19.0. The van der Waals surface area contributed by atoms with Gasteiger partial charge in [0, 0.05) is 12.1 Å². The summed E-state index contributed by atoms with van der Waals surface area (Å²) in [6.07, 6.45) is 4.99. The van der Waals surface area contributed by atoms with Crippen molar-refractivity contribution in [2.24, 2.45) is 5.92 Å². The molecule has 3 nitrogen and oxygen atoms in total. The van der Waals surface area contributed by atoms with Crippen LogP contribution in [0, 0.1) is 5.92 Å². The molecule has 1 aliphatic rings. The predicted molar refractivity (Wildman–Crippen MR) is 60.8 cm³/mol. The van der Waals surface area contributed by atoms with Crippen LogP contribution in [0.15, 0.2) is 12.2 Å². The van der Waals surface area contributed by atoms with E-state index in [-0.39, 0.29) is 0 Å². The first-order valence-electron chi connectivity index (χ1n) is 5.77. The summed E-state index contributed by atoms with van der Waals surface area (Å²) >= 11 is 0. The number of carboxylic acids is 1. The summed E-state index contributed by atoms with van der Waals surface area (Å²) in [5.41, 5.74) is 0.309. The molecule has 1 aliphatic heterocycles. The number of carboxylic acid groups (broad SMARTS) is 1. The maximum absolute atomic E-state index is 10.6. The van der Waals surface area contributed by atoms with Crippen molar-refractivity contribution in [2.45, 2.75) is 32.6 Å². The second-order valence-corrected chi connectivity index (χ2v) is 4.42. The third-order valence-electron chi connectivity index (χ3n) is 3.12. The molecule has 1 rings (SSSR count). The molecule has 86 valence electrons. The summed E-state index contributed by atoms with van der Waals surface area (Å²) in [4.78, 5) is 12.8. The van der Waals surface area contributed by atoms with Crippen LogP contribution in [0.5, 0.6) is 0 Å². The smallest absolute Gasteiger partial charge is 0.332 e. The van der Waals surface area contributed by atoms with Crippen molar-refractivity contribution in [1.29, 1.82) is 0 Å². The van der Waals surface area contributed by atoms with Crippen LogP contribution in [0.25, 0.3) is 0 Å². The van der Waals surface area contributed by atoms with E-state index in [0.29, 0.717) is 12.1 Å². The van der Waals surface area contributed by atoms with Gasteiger partial charge in [0.05, 0.1) is 0 Å². The molecule has 0 atom stereocenters. The molecule has 0 amide bonds. The molecule has 1 fully saturated rings. The number of likely N-dealkylation sites (tertiary alicyclic amines) is 1. The van der Waals surface area contributed by atoms with Crippen LogP contribution in [-0.2, 0) is 4.79 Å². The molecular weight excluding hydrogens is 190 g/mol. The molecule has 0 saturated carbocycles. The lowest BCUT2D eigenvalue weighted by atomic mass is 9.92. The van der Waals surface area contributed by atoms with Gasteiger partial charge in [0.25, 0.3) is 0 Å². The van der Waals surface area contributed by atoms with Crippen molar-refractivity contribution < 1.29 is 9.90 Å². The minimum absolute atomic E-state index is 0.309. The van der Waals surface area contributed by atoms with E-state index in [2.05, 4.69) is 18.4 Å². The van der Waals surface area contributed by atoms with Crippen molar-refractivity contribution in [3.63, 3.8) is 0 Å². The molecule has 0 bridgehead atoms. The van der Waals surface area contributed by atoms with Gasteiger partial charge in [-0.1, -0.05) is 26.3 Å². The highest BCUT2D eigenvalue weighted by Gasteiger charge is 2.19. The zero-order valence-electron chi connectivity index (χ0n) is 9.54. The van der Waals surface area contributed by atoms with Crippen molar-refractivity contribution in [2.75, 3.05) is 19.6 Å². The van der Waals surface area contributed by atoms with Gasteiger partial charge in [-0.15, -0.1) is 0 Å². The first-order valence-corrected chi connectivity index (χ1v) is 5.77. The Bertz CT molecular complexity index is 230. The van der Waals surface area contributed by atoms with Crippen LogP contribution < -0.4 is 0 Å². The number of hydrogen-bond acceptors (Lipinski definition) is 2. The highest BCUT2D eigenvalue weighted by Crippen LogP contribution is 2.21. The number of piperidine rings is 1. The lowest BCUT2D eigenvalue weighted by molar-refractivity contribution is -0.132. The highest BCUT2D eigenvalue weighted by molar-refractivity contribution is 5.86. The Morgan fingerprint density at radius 3 is 2.53 bits per heavy atom. The van der Waals surface area contributed by atoms with Gasteiger partial charge in [0.15, 0.2) is 0 Å². The molecule has 0 aromatic carbocycles.